The Labute approximate surface area is 200 Å². The first-order valence-electron chi connectivity index (χ1n) is 10.8. The van der Waals surface area contributed by atoms with Gasteiger partial charge in [-0.05, 0) is 54.6 Å². The van der Waals surface area contributed by atoms with Gasteiger partial charge in [-0.25, -0.2) is 9.07 Å². The van der Waals surface area contributed by atoms with Crippen molar-refractivity contribution in [1.29, 1.82) is 0 Å². The van der Waals surface area contributed by atoms with E-state index in [1.54, 1.807) is 42.1 Å². The number of hydrogen-bond donors (Lipinski definition) is 1. The Bertz CT molecular complexity index is 1360. The van der Waals surface area contributed by atoms with Crippen molar-refractivity contribution in [3.05, 3.63) is 78.1 Å². The van der Waals surface area contributed by atoms with E-state index in [4.69, 9.17) is 18.9 Å². The molecule has 10 heteroatoms. The summed E-state index contributed by atoms with van der Waals surface area (Å²) in [5.41, 5.74) is 1.90. The number of halogens is 1. The molecule has 1 amide bonds. The number of benzene rings is 3. The second kappa shape index (κ2) is 9.82. The molecule has 1 aliphatic heterocycles. The second-order valence-corrected chi connectivity index (χ2v) is 7.52. The van der Waals surface area contributed by atoms with Gasteiger partial charge in [0.05, 0.1) is 17.9 Å². The van der Waals surface area contributed by atoms with Crippen molar-refractivity contribution in [2.75, 3.05) is 32.4 Å². The average Bonchev–Trinajstić information content (AvgIpc) is 3.51. The van der Waals surface area contributed by atoms with Gasteiger partial charge >= 0.3 is 6.01 Å². The Morgan fingerprint density at radius 2 is 1.86 bits per heavy atom. The van der Waals surface area contributed by atoms with Crippen LogP contribution in [0.3, 0.4) is 0 Å². The van der Waals surface area contributed by atoms with Crippen LogP contribution in [0.4, 0.5) is 10.1 Å². The van der Waals surface area contributed by atoms with Gasteiger partial charge in [0.1, 0.15) is 12.4 Å². The van der Waals surface area contributed by atoms with E-state index >= 15 is 0 Å². The van der Waals surface area contributed by atoms with E-state index in [1.807, 2.05) is 18.2 Å². The fourth-order valence-corrected chi connectivity index (χ4v) is 3.50. The lowest BCUT2D eigenvalue weighted by Crippen LogP contribution is -2.13. The molecule has 0 spiro atoms. The van der Waals surface area contributed by atoms with Gasteiger partial charge in [0, 0.05) is 18.4 Å². The summed E-state index contributed by atoms with van der Waals surface area (Å²) in [7, 11) is 1.58. The van der Waals surface area contributed by atoms with Crippen molar-refractivity contribution < 1.29 is 28.1 Å². The topological polar surface area (TPSA) is 96.7 Å². The minimum Gasteiger partial charge on any atom is -0.460 e. The first-order chi connectivity index (χ1) is 17.1. The summed E-state index contributed by atoms with van der Waals surface area (Å²) in [6.45, 7) is 0.851. The molecule has 0 unspecified atom stereocenters. The van der Waals surface area contributed by atoms with Gasteiger partial charge in [-0.3, -0.25) is 4.79 Å². The predicted octanol–water partition coefficient (Wildman–Crippen LogP) is 4.08. The lowest BCUT2D eigenvalue weighted by molar-refractivity contribution is 0.102. The number of amides is 1. The molecule has 0 saturated heterocycles. The molecule has 5 rings (SSSR count). The first-order valence-corrected chi connectivity index (χ1v) is 10.8. The quantitative estimate of drug-likeness (QED) is 0.383. The Morgan fingerprint density at radius 1 is 1.06 bits per heavy atom. The Balaban J connectivity index is 1.43. The highest BCUT2D eigenvalue weighted by atomic mass is 19.1. The summed E-state index contributed by atoms with van der Waals surface area (Å²) in [4.78, 5) is 17.0. The number of fused-ring (bicyclic) bond motifs is 1. The molecule has 1 N–H and O–H groups in total. The van der Waals surface area contributed by atoms with Gasteiger partial charge in [0.2, 0.25) is 6.79 Å². The summed E-state index contributed by atoms with van der Waals surface area (Å²) >= 11 is 0. The van der Waals surface area contributed by atoms with E-state index in [2.05, 4.69) is 15.4 Å². The minimum absolute atomic E-state index is 0.0317. The smallest absolute Gasteiger partial charge is 0.336 e. The van der Waals surface area contributed by atoms with Gasteiger partial charge in [0.15, 0.2) is 17.3 Å². The summed E-state index contributed by atoms with van der Waals surface area (Å²) < 4.78 is 37.1. The van der Waals surface area contributed by atoms with Crippen molar-refractivity contribution in [2.24, 2.45) is 0 Å². The van der Waals surface area contributed by atoms with Crippen LogP contribution in [-0.2, 0) is 4.74 Å². The Hall–Kier alpha value is -4.44. The maximum absolute atomic E-state index is 13.9. The molecule has 35 heavy (non-hydrogen) atoms. The van der Waals surface area contributed by atoms with Crippen LogP contribution in [0.15, 0.2) is 66.7 Å². The van der Waals surface area contributed by atoms with Gasteiger partial charge in [-0.1, -0.05) is 12.1 Å². The van der Waals surface area contributed by atoms with Crippen LogP contribution in [0.5, 0.6) is 17.5 Å². The highest BCUT2D eigenvalue weighted by molar-refractivity contribution is 6.04. The first kappa shape index (κ1) is 22.4. The van der Waals surface area contributed by atoms with E-state index < -0.39 is 11.7 Å². The van der Waals surface area contributed by atoms with Crippen molar-refractivity contribution in [3.63, 3.8) is 0 Å². The largest absolute Gasteiger partial charge is 0.460 e. The predicted molar refractivity (Wildman–Crippen MR) is 125 cm³/mol. The molecule has 0 aliphatic carbocycles. The zero-order valence-corrected chi connectivity index (χ0v) is 18.7. The molecule has 0 radical (unpaired) electrons. The van der Waals surface area contributed by atoms with E-state index in [0.29, 0.717) is 41.9 Å². The Morgan fingerprint density at radius 3 is 2.66 bits per heavy atom. The van der Waals surface area contributed by atoms with Crippen molar-refractivity contribution >= 4 is 11.6 Å². The number of nitrogens with zero attached hydrogens (tertiary/aromatic N) is 3. The molecule has 4 aromatic rings. The summed E-state index contributed by atoms with van der Waals surface area (Å²) in [6.07, 6.45) is 0. The fourth-order valence-electron chi connectivity index (χ4n) is 3.50. The normalized spacial score (nSPS) is 11.9. The number of carbonyl (C=O) groups is 1. The molecule has 9 nitrogen and oxygen atoms in total. The van der Waals surface area contributed by atoms with Crippen LogP contribution in [0.1, 0.15) is 10.4 Å². The van der Waals surface area contributed by atoms with Crippen LogP contribution in [0, 0.1) is 5.82 Å². The zero-order chi connectivity index (χ0) is 24.2. The molecular weight excluding hydrogens is 455 g/mol. The van der Waals surface area contributed by atoms with Gasteiger partial charge in [0.25, 0.3) is 5.91 Å². The maximum atomic E-state index is 13.9. The number of hydrogen-bond acceptors (Lipinski definition) is 7. The Kier molecular flexibility index (Phi) is 6.27. The maximum Gasteiger partial charge on any atom is 0.336 e. The van der Waals surface area contributed by atoms with E-state index in [0.717, 1.165) is 5.56 Å². The summed E-state index contributed by atoms with van der Waals surface area (Å²) in [6, 6.07) is 18.4. The molecule has 178 valence electrons. The molecule has 0 bridgehead atoms. The molecule has 0 saturated carbocycles. The minimum atomic E-state index is -0.585. The highest BCUT2D eigenvalue weighted by Crippen LogP contribution is 2.36. The van der Waals surface area contributed by atoms with Crippen LogP contribution in [0.25, 0.3) is 17.1 Å². The molecule has 2 heterocycles. The number of carbonyl (C=O) groups excluding carboxylic acids is 1. The fraction of sp³-hybridized carbons (Fsp3) is 0.160. The molecule has 0 atom stereocenters. The summed E-state index contributed by atoms with van der Waals surface area (Å²) in [5.74, 6) is 0.681. The number of aromatic nitrogens is 3. The number of rotatable bonds is 8. The lowest BCUT2D eigenvalue weighted by atomic mass is 10.1. The second-order valence-electron chi connectivity index (χ2n) is 7.52. The third-order valence-electron chi connectivity index (χ3n) is 5.23. The van der Waals surface area contributed by atoms with Gasteiger partial charge in [-0.15, -0.1) is 5.10 Å². The van der Waals surface area contributed by atoms with E-state index in [1.165, 1.54) is 18.2 Å². The number of anilines is 1. The number of ether oxygens (including phenoxy) is 4. The van der Waals surface area contributed by atoms with Crippen LogP contribution < -0.4 is 19.5 Å². The summed E-state index contributed by atoms with van der Waals surface area (Å²) in [5, 5.41) is 7.19. The van der Waals surface area contributed by atoms with Crippen LogP contribution >= 0.6 is 0 Å². The van der Waals surface area contributed by atoms with Crippen molar-refractivity contribution in [2.45, 2.75) is 0 Å². The third kappa shape index (κ3) is 4.78. The SMILES string of the molecule is COCCOc1nc(-c2ccc3c(c2)OCO3)n(-c2ccc(NC(=O)c3ccccc3F)cc2)n1. The monoisotopic (exact) mass is 476 g/mol. The van der Waals surface area contributed by atoms with Gasteiger partial charge in [-0.2, -0.15) is 4.98 Å². The zero-order valence-electron chi connectivity index (χ0n) is 18.7. The van der Waals surface area contributed by atoms with Gasteiger partial charge < -0.3 is 24.3 Å². The molecule has 0 fully saturated rings. The standard InChI is InChI=1S/C25H21FN4O5/c1-32-12-13-33-25-28-23(16-6-11-21-22(14-16)35-15-34-21)30(29-25)18-9-7-17(8-10-18)27-24(31)19-4-2-3-5-20(19)26/h2-11,14H,12-13,15H2,1H3,(H,27,31). The molecule has 1 aliphatic rings. The van der Waals surface area contributed by atoms with Crippen molar-refractivity contribution in [3.8, 4) is 34.6 Å². The molecule has 3 aromatic carbocycles. The highest BCUT2D eigenvalue weighted by Gasteiger charge is 2.20. The average molecular weight is 476 g/mol. The third-order valence-corrected chi connectivity index (χ3v) is 5.23. The van der Waals surface area contributed by atoms with Crippen LogP contribution in [-0.4, -0.2) is 47.8 Å². The molecular formula is C25H21FN4O5. The number of methoxy groups -OCH3 is 1. The van der Waals surface area contributed by atoms with Crippen LogP contribution in [0.2, 0.25) is 0 Å². The molecule has 1 aromatic heterocycles. The van der Waals surface area contributed by atoms with Crippen molar-refractivity contribution in [1.82, 2.24) is 14.8 Å². The number of nitrogens with one attached hydrogen (secondary N) is 1. The van der Waals surface area contributed by atoms with E-state index in [9.17, 15) is 9.18 Å². The lowest BCUT2D eigenvalue weighted by Gasteiger charge is -2.09. The van der Waals surface area contributed by atoms with E-state index in [-0.39, 0.29) is 18.4 Å².